The highest BCUT2D eigenvalue weighted by atomic mass is 16.5. The molecule has 4 aromatic rings. The number of carbonyl (C=O) groups is 4. The molecule has 0 bridgehead atoms. The van der Waals surface area contributed by atoms with Crippen LogP contribution in [0.5, 0.6) is 0 Å². The monoisotopic (exact) mass is 753 g/mol. The molecule has 292 valence electrons. The van der Waals surface area contributed by atoms with E-state index in [2.05, 4.69) is 86.2 Å². The zero-order valence-electron chi connectivity index (χ0n) is 32.1. The van der Waals surface area contributed by atoms with E-state index in [1.807, 2.05) is 18.7 Å². The van der Waals surface area contributed by atoms with Gasteiger partial charge in [-0.2, -0.15) is 0 Å². The van der Waals surface area contributed by atoms with Crippen LogP contribution in [0.3, 0.4) is 0 Å². The fourth-order valence-corrected chi connectivity index (χ4v) is 7.59. The molecule has 2 aromatic heterocycles. The number of aromatic amines is 2. The average molecular weight is 754 g/mol. The summed E-state index contributed by atoms with van der Waals surface area (Å²) in [6.45, 7) is 5.10. The molecule has 4 heterocycles. The number of ether oxygens (including phenoxy) is 3. The maximum Gasteiger partial charge on any atom is 0.407 e. The van der Waals surface area contributed by atoms with Crippen LogP contribution in [0.15, 0.2) is 66.9 Å². The van der Waals surface area contributed by atoms with E-state index in [-0.39, 0.29) is 36.4 Å². The van der Waals surface area contributed by atoms with Gasteiger partial charge in [0.2, 0.25) is 11.8 Å². The van der Waals surface area contributed by atoms with Crippen molar-refractivity contribution in [3.05, 3.63) is 78.4 Å². The number of amides is 4. The van der Waals surface area contributed by atoms with Crippen LogP contribution in [0, 0.1) is 5.92 Å². The van der Waals surface area contributed by atoms with Gasteiger partial charge in [-0.3, -0.25) is 9.59 Å². The molecule has 2 fully saturated rings. The van der Waals surface area contributed by atoms with Crippen LogP contribution in [0.4, 0.5) is 9.59 Å². The van der Waals surface area contributed by atoms with Crippen molar-refractivity contribution in [1.29, 1.82) is 0 Å². The Labute approximate surface area is 321 Å². The summed E-state index contributed by atoms with van der Waals surface area (Å²) in [6.07, 6.45) is 4.62. The Kier molecular flexibility index (Phi) is 12.6. The minimum absolute atomic E-state index is 0.0338. The molecule has 4 atom stereocenters. The highest BCUT2D eigenvalue weighted by Crippen LogP contribution is 2.33. The fraction of sp³-hybridized carbons (Fsp3) is 0.439. The standard InChI is InChI=1S/C41H51N7O7/c1-25(2)36(46-41(52)55-5)39(50)47-20-6-8-31(47)22-30-18-19-32(43-30)28-14-10-26(11-15-28)27-12-16-29(17-13-27)33-23-42-37(44-33)35-9-7-21-48(35)38(49)34(24-53-3)45-40(51)54-4/h10-19,23,25,31,34-36,43H,6-9,20-22,24H2,1-5H3,(H,42,44)(H,45,51)(H,46,52)/t31-,34-,35-,36?/m0/s1. The number of nitrogens with zero attached hydrogens (tertiary/aromatic N) is 3. The molecule has 14 nitrogen and oxygen atoms in total. The SMILES string of the molecule is COC[C@H](NC(=O)OC)C(=O)N1CCC[C@H]1c1ncc(-c2ccc(-c3ccc(-c4ccc(C[C@@H]5CCCN5C(=O)C(NC(=O)OC)C(C)C)[nH]4)cc3)cc2)[nH]1. The molecular weight excluding hydrogens is 702 g/mol. The molecule has 4 N–H and O–H groups in total. The first-order valence-corrected chi connectivity index (χ1v) is 18.8. The molecule has 55 heavy (non-hydrogen) atoms. The Morgan fingerprint density at radius 2 is 1.35 bits per heavy atom. The van der Waals surface area contributed by atoms with Crippen molar-refractivity contribution in [1.82, 2.24) is 35.4 Å². The van der Waals surface area contributed by atoms with Crippen molar-refractivity contribution >= 4 is 24.0 Å². The normalized spacial score (nSPS) is 17.9. The van der Waals surface area contributed by atoms with Crippen LogP contribution in [0.2, 0.25) is 0 Å². The first kappa shape index (κ1) is 39.1. The van der Waals surface area contributed by atoms with Gasteiger partial charge in [0, 0.05) is 44.0 Å². The lowest BCUT2D eigenvalue weighted by Crippen LogP contribution is -2.52. The van der Waals surface area contributed by atoms with E-state index in [9.17, 15) is 19.2 Å². The predicted molar refractivity (Wildman–Crippen MR) is 207 cm³/mol. The summed E-state index contributed by atoms with van der Waals surface area (Å²) < 4.78 is 14.6. The molecule has 1 unspecified atom stereocenters. The molecular formula is C41H51N7O7. The van der Waals surface area contributed by atoms with Gasteiger partial charge in [-0.15, -0.1) is 0 Å². The van der Waals surface area contributed by atoms with Gasteiger partial charge in [0.15, 0.2) is 0 Å². The molecule has 4 amide bonds. The lowest BCUT2D eigenvalue weighted by atomic mass is 10.0. The summed E-state index contributed by atoms with van der Waals surface area (Å²) in [5, 5.41) is 5.29. The zero-order chi connectivity index (χ0) is 39.1. The van der Waals surface area contributed by atoms with Crippen LogP contribution in [-0.2, 0) is 30.2 Å². The Bertz CT molecular complexity index is 1940. The van der Waals surface area contributed by atoms with Crippen LogP contribution < -0.4 is 10.6 Å². The molecule has 14 heteroatoms. The summed E-state index contributed by atoms with van der Waals surface area (Å²) in [5.41, 5.74) is 7.10. The topological polar surface area (TPSA) is 171 Å². The van der Waals surface area contributed by atoms with Crippen molar-refractivity contribution in [3.63, 3.8) is 0 Å². The average Bonchev–Trinajstić information content (AvgIpc) is 4.04. The van der Waals surface area contributed by atoms with Gasteiger partial charge in [0.05, 0.1) is 38.8 Å². The van der Waals surface area contributed by atoms with Crippen molar-refractivity contribution in [3.8, 4) is 33.6 Å². The van der Waals surface area contributed by atoms with Crippen LogP contribution in [0.25, 0.3) is 33.6 Å². The van der Waals surface area contributed by atoms with E-state index in [1.165, 1.54) is 21.3 Å². The Balaban J connectivity index is 1.07. The number of hydrogen-bond donors (Lipinski definition) is 4. The molecule has 0 saturated carbocycles. The third-order valence-electron chi connectivity index (χ3n) is 10.5. The summed E-state index contributed by atoms with van der Waals surface area (Å²) in [5.74, 6) is 0.324. The predicted octanol–water partition coefficient (Wildman–Crippen LogP) is 5.69. The highest BCUT2D eigenvalue weighted by Gasteiger charge is 2.37. The molecule has 2 aliphatic heterocycles. The fourth-order valence-electron chi connectivity index (χ4n) is 7.59. The van der Waals surface area contributed by atoms with Gasteiger partial charge >= 0.3 is 12.2 Å². The highest BCUT2D eigenvalue weighted by molar-refractivity contribution is 5.87. The number of likely N-dealkylation sites (tertiary alicyclic amines) is 2. The van der Waals surface area contributed by atoms with E-state index in [0.717, 1.165) is 65.0 Å². The quantitative estimate of drug-likeness (QED) is 0.135. The number of methoxy groups -OCH3 is 3. The number of benzene rings is 2. The minimum atomic E-state index is -0.858. The van der Waals surface area contributed by atoms with Gasteiger partial charge in [-0.25, -0.2) is 14.6 Å². The van der Waals surface area contributed by atoms with Gasteiger partial charge in [-0.1, -0.05) is 62.4 Å². The van der Waals surface area contributed by atoms with Gasteiger partial charge < -0.3 is 44.6 Å². The number of nitrogens with one attached hydrogen (secondary N) is 4. The minimum Gasteiger partial charge on any atom is -0.453 e. The lowest BCUT2D eigenvalue weighted by molar-refractivity contribution is -0.136. The van der Waals surface area contributed by atoms with E-state index in [0.29, 0.717) is 25.3 Å². The first-order chi connectivity index (χ1) is 26.6. The largest absolute Gasteiger partial charge is 0.453 e. The number of hydrogen-bond acceptors (Lipinski definition) is 8. The summed E-state index contributed by atoms with van der Waals surface area (Å²) in [4.78, 5) is 65.9. The molecule has 6 rings (SSSR count). The lowest BCUT2D eigenvalue weighted by Gasteiger charge is -2.30. The number of carbonyl (C=O) groups excluding carboxylic acids is 4. The second kappa shape index (κ2) is 17.7. The molecule has 2 aliphatic rings. The van der Waals surface area contributed by atoms with Crippen LogP contribution in [-0.4, -0.2) is 108 Å². The smallest absolute Gasteiger partial charge is 0.407 e. The second-order valence-corrected chi connectivity index (χ2v) is 14.5. The van der Waals surface area contributed by atoms with Crippen molar-refractivity contribution < 1.29 is 33.4 Å². The van der Waals surface area contributed by atoms with E-state index in [1.54, 1.807) is 11.1 Å². The van der Waals surface area contributed by atoms with Gasteiger partial charge in [0.25, 0.3) is 0 Å². The number of rotatable bonds is 13. The summed E-state index contributed by atoms with van der Waals surface area (Å²) in [6, 6.07) is 19.2. The summed E-state index contributed by atoms with van der Waals surface area (Å²) in [7, 11) is 4.04. The molecule has 2 saturated heterocycles. The third kappa shape index (κ3) is 9.02. The Morgan fingerprint density at radius 1 is 0.745 bits per heavy atom. The van der Waals surface area contributed by atoms with Crippen LogP contribution in [0.1, 0.15) is 57.1 Å². The molecule has 0 radical (unpaired) electrons. The van der Waals surface area contributed by atoms with Crippen molar-refractivity contribution in [2.24, 2.45) is 5.92 Å². The van der Waals surface area contributed by atoms with E-state index >= 15 is 0 Å². The molecule has 0 aliphatic carbocycles. The number of imidazole rings is 1. The van der Waals surface area contributed by atoms with Gasteiger partial charge in [-0.05, 0) is 66.0 Å². The maximum atomic E-state index is 13.5. The number of aromatic nitrogens is 3. The first-order valence-electron chi connectivity index (χ1n) is 18.8. The third-order valence-corrected chi connectivity index (χ3v) is 10.5. The Morgan fingerprint density at radius 3 is 1.98 bits per heavy atom. The molecule has 0 spiro atoms. The van der Waals surface area contributed by atoms with E-state index < -0.39 is 24.3 Å². The van der Waals surface area contributed by atoms with Crippen LogP contribution >= 0.6 is 0 Å². The second-order valence-electron chi connectivity index (χ2n) is 14.5. The number of H-pyrrole nitrogens is 2. The van der Waals surface area contributed by atoms with Crippen molar-refractivity contribution in [2.75, 3.05) is 41.0 Å². The maximum absolute atomic E-state index is 13.5. The summed E-state index contributed by atoms with van der Waals surface area (Å²) >= 11 is 0. The number of alkyl carbamates (subject to hydrolysis) is 2. The Hall–Kier alpha value is -5.63. The van der Waals surface area contributed by atoms with Gasteiger partial charge in [0.1, 0.15) is 17.9 Å². The van der Waals surface area contributed by atoms with E-state index in [4.69, 9.17) is 14.2 Å². The zero-order valence-corrected chi connectivity index (χ0v) is 32.1. The van der Waals surface area contributed by atoms with Crippen molar-refractivity contribution in [2.45, 2.75) is 70.1 Å². The molecule has 2 aromatic carbocycles.